The van der Waals surface area contributed by atoms with E-state index in [1.807, 2.05) is 12.1 Å². The molecular formula is C21H26N4O5. The van der Waals surface area contributed by atoms with Gasteiger partial charge in [0.1, 0.15) is 17.1 Å². The van der Waals surface area contributed by atoms with Crippen molar-refractivity contribution < 1.29 is 14.6 Å². The van der Waals surface area contributed by atoms with Gasteiger partial charge in [-0.15, -0.1) is 0 Å². The summed E-state index contributed by atoms with van der Waals surface area (Å²) >= 11 is 0. The Kier molecular flexibility index (Phi) is 5.52. The average molecular weight is 414 g/mol. The number of hydrazone groups is 1. The number of ether oxygens (including phenoxy) is 2. The van der Waals surface area contributed by atoms with Crippen molar-refractivity contribution in [3.05, 3.63) is 50.2 Å². The van der Waals surface area contributed by atoms with E-state index < -0.39 is 11.2 Å². The number of rotatable bonds is 5. The molecule has 160 valence electrons. The summed E-state index contributed by atoms with van der Waals surface area (Å²) in [5.41, 5.74) is 3.11. The fourth-order valence-electron chi connectivity index (χ4n) is 4.36. The van der Waals surface area contributed by atoms with Crippen LogP contribution in [-0.4, -0.2) is 34.6 Å². The number of methoxy groups -OCH3 is 2. The van der Waals surface area contributed by atoms with Crippen LogP contribution in [0.1, 0.15) is 61.7 Å². The molecule has 9 nitrogen and oxygen atoms in total. The van der Waals surface area contributed by atoms with Crippen LogP contribution in [0.15, 0.2) is 32.9 Å². The zero-order chi connectivity index (χ0) is 21.3. The lowest BCUT2D eigenvalue weighted by atomic mass is 9.95. The molecule has 4 rings (SSSR count). The van der Waals surface area contributed by atoms with Gasteiger partial charge in [0.15, 0.2) is 0 Å². The van der Waals surface area contributed by atoms with Gasteiger partial charge in [0.25, 0.3) is 5.56 Å². The monoisotopic (exact) mass is 414 g/mol. The Morgan fingerprint density at radius 2 is 1.90 bits per heavy atom. The van der Waals surface area contributed by atoms with Crippen LogP contribution < -0.4 is 26.1 Å². The van der Waals surface area contributed by atoms with Gasteiger partial charge in [-0.25, -0.2) is 4.79 Å². The van der Waals surface area contributed by atoms with Gasteiger partial charge in [0.2, 0.25) is 5.88 Å². The molecule has 1 saturated carbocycles. The minimum absolute atomic E-state index is 0.0441. The first-order valence-electron chi connectivity index (χ1n) is 10.2. The molecule has 30 heavy (non-hydrogen) atoms. The summed E-state index contributed by atoms with van der Waals surface area (Å²) in [4.78, 5) is 27.3. The number of H-pyrrole nitrogens is 1. The molecule has 0 bridgehead atoms. The third-order valence-corrected chi connectivity index (χ3v) is 5.92. The van der Waals surface area contributed by atoms with Crippen LogP contribution in [-0.2, 0) is 0 Å². The van der Waals surface area contributed by atoms with E-state index in [0.29, 0.717) is 23.6 Å². The fraction of sp³-hybridized carbons (Fsp3) is 0.476. The van der Waals surface area contributed by atoms with Crippen molar-refractivity contribution in [2.75, 3.05) is 14.2 Å². The summed E-state index contributed by atoms with van der Waals surface area (Å²) in [6.45, 7) is 0. The summed E-state index contributed by atoms with van der Waals surface area (Å²) < 4.78 is 12.0. The summed E-state index contributed by atoms with van der Waals surface area (Å²) in [5.74, 6) is 0.996. The Balaban J connectivity index is 1.66. The van der Waals surface area contributed by atoms with Crippen LogP contribution in [0.5, 0.6) is 17.4 Å². The number of aromatic hydroxyl groups is 1. The van der Waals surface area contributed by atoms with Gasteiger partial charge in [-0.1, -0.05) is 19.3 Å². The second-order valence-corrected chi connectivity index (χ2v) is 7.67. The van der Waals surface area contributed by atoms with Gasteiger partial charge in [0.05, 0.1) is 26.0 Å². The number of nitrogens with zero attached hydrogens (tertiary/aromatic N) is 2. The normalized spacial score (nSPS) is 19.3. The van der Waals surface area contributed by atoms with Crippen molar-refractivity contribution in [3.8, 4) is 17.4 Å². The van der Waals surface area contributed by atoms with Gasteiger partial charge in [0, 0.05) is 24.1 Å². The number of hydrogen-bond acceptors (Lipinski definition) is 7. The molecule has 1 atom stereocenters. The van der Waals surface area contributed by atoms with Crippen LogP contribution in [0.4, 0.5) is 0 Å². The molecule has 1 aliphatic heterocycles. The van der Waals surface area contributed by atoms with Crippen LogP contribution in [0.3, 0.4) is 0 Å². The Morgan fingerprint density at radius 3 is 2.60 bits per heavy atom. The molecule has 1 aromatic carbocycles. The molecule has 1 unspecified atom stereocenters. The summed E-state index contributed by atoms with van der Waals surface area (Å²) in [7, 11) is 3.16. The maximum absolute atomic E-state index is 12.6. The molecule has 2 heterocycles. The largest absolute Gasteiger partial charge is 0.497 e. The first-order chi connectivity index (χ1) is 14.5. The maximum Gasteiger partial charge on any atom is 0.331 e. The Morgan fingerprint density at radius 1 is 1.13 bits per heavy atom. The van der Waals surface area contributed by atoms with Crippen molar-refractivity contribution in [1.29, 1.82) is 0 Å². The van der Waals surface area contributed by atoms with Gasteiger partial charge in [-0.2, -0.15) is 5.10 Å². The summed E-state index contributed by atoms with van der Waals surface area (Å²) in [5, 5.41) is 15.2. The average Bonchev–Trinajstić information content (AvgIpc) is 3.23. The minimum Gasteiger partial charge on any atom is -0.497 e. The maximum atomic E-state index is 12.6. The molecule has 1 aliphatic carbocycles. The number of hydrogen-bond donors (Lipinski definition) is 3. The van der Waals surface area contributed by atoms with E-state index in [-0.39, 0.29) is 23.5 Å². The standard InChI is InChI=1S/C21H26N4O5/c1-29-13-8-9-14(17(10-13)30-2)15-11-16(24-23-15)18-19(26)22-21(28)25(20(18)27)12-6-4-3-5-7-12/h8-10,12,15,23,27H,3-7,11H2,1-2H3,(H,22,26,28). The molecule has 0 radical (unpaired) electrons. The highest BCUT2D eigenvalue weighted by molar-refractivity contribution is 6.03. The topological polar surface area (TPSA) is 118 Å². The Hall–Kier alpha value is -3.23. The smallest absolute Gasteiger partial charge is 0.331 e. The quantitative estimate of drug-likeness (QED) is 0.690. The van der Waals surface area contributed by atoms with Crippen molar-refractivity contribution in [1.82, 2.24) is 15.0 Å². The van der Waals surface area contributed by atoms with Crippen molar-refractivity contribution in [3.63, 3.8) is 0 Å². The highest BCUT2D eigenvalue weighted by Crippen LogP contribution is 2.35. The summed E-state index contributed by atoms with van der Waals surface area (Å²) in [6.07, 6.45) is 5.07. The lowest BCUT2D eigenvalue weighted by Crippen LogP contribution is -2.36. The number of aromatic nitrogens is 2. The third-order valence-electron chi connectivity index (χ3n) is 5.92. The van der Waals surface area contributed by atoms with Crippen LogP contribution in [0, 0.1) is 0 Å². The molecule has 9 heteroatoms. The molecular weight excluding hydrogens is 388 g/mol. The van der Waals surface area contributed by atoms with Crippen LogP contribution >= 0.6 is 0 Å². The second kappa shape index (κ2) is 8.25. The van der Waals surface area contributed by atoms with E-state index in [2.05, 4.69) is 15.5 Å². The zero-order valence-electron chi connectivity index (χ0n) is 17.1. The van der Waals surface area contributed by atoms with Crippen molar-refractivity contribution in [2.45, 2.75) is 50.6 Å². The lowest BCUT2D eigenvalue weighted by Gasteiger charge is -2.25. The predicted octanol–water partition coefficient (Wildman–Crippen LogP) is 2.20. The molecule has 2 aliphatic rings. The van der Waals surface area contributed by atoms with E-state index in [1.54, 1.807) is 20.3 Å². The van der Waals surface area contributed by atoms with Gasteiger partial charge < -0.3 is 20.0 Å². The summed E-state index contributed by atoms with van der Waals surface area (Å²) in [6, 6.07) is 5.12. The molecule has 3 N–H and O–H groups in total. The molecule has 1 aromatic heterocycles. The first-order valence-corrected chi connectivity index (χ1v) is 10.2. The fourth-order valence-corrected chi connectivity index (χ4v) is 4.36. The molecule has 0 saturated heterocycles. The highest BCUT2D eigenvalue weighted by atomic mass is 16.5. The van der Waals surface area contributed by atoms with Crippen LogP contribution in [0.2, 0.25) is 0 Å². The SMILES string of the molecule is COc1ccc(C2CC(c3c(O)n(C4CCCCC4)c(=O)[nH]c3=O)=NN2)c(OC)c1. The van der Waals surface area contributed by atoms with Gasteiger partial charge >= 0.3 is 5.69 Å². The van der Waals surface area contributed by atoms with E-state index in [4.69, 9.17) is 9.47 Å². The highest BCUT2D eigenvalue weighted by Gasteiger charge is 2.30. The van der Waals surface area contributed by atoms with Crippen molar-refractivity contribution >= 4 is 5.71 Å². The van der Waals surface area contributed by atoms with E-state index in [1.165, 1.54) is 4.57 Å². The molecule has 0 spiro atoms. The number of aromatic amines is 1. The second-order valence-electron chi connectivity index (χ2n) is 7.67. The minimum atomic E-state index is -0.632. The third kappa shape index (κ3) is 3.55. The Bertz CT molecular complexity index is 1080. The van der Waals surface area contributed by atoms with E-state index in [9.17, 15) is 14.7 Å². The molecule has 2 aromatic rings. The zero-order valence-corrected chi connectivity index (χ0v) is 17.1. The first kappa shape index (κ1) is 20.1. The van der Waals surface area contributed by atoms with E-state index >= 15 is 0 Å². The predicted molar refractivity (Wildman–Crippen MR) is 112 cm³/mol. The number of nitrogens with one attached hydrogen (secondary N) is 2. The Labute approximate surface area is 173 Å². The molecule has 1 fully saturated rings. The van der Waals surface area contributed by atoms with E-state index in [0.717, 1.165) is 37.7 Å². The lowest BCUT2D eigenvalue weighted by molar-refractivity contribution is 0.298. The van der Waals surface area contributed by atoms with Crippen LogP contribution in [0.25, 0.3) is 0 Å². The van der Waals surface area contributed by atoms with Crippen molar-refractivity contribution in [2.24, 2.45) is 5.10 Å². The number of benzene rings is 1. The van der Waals surface area contributed by atoms with Gasteiger partial charge in [-0.3, -0.25) is 14.3 Å². The molecule has 0 amide bonds. The van der Waals surface area contributed by atoms with Gasteiger partial charge in [-0.05, 0) is 25.0 Å².